The third-order valence-corrected chi connectivity index (χ3v) is 4.61. The topological polar surface area (TPSA) is 50.9 Å². The normalized spacial score (nSPS) is 16.0. The quantitative estimate of drug-likeness (QED) is 0.802. The Bertz CT molecular complexity index is 870. The highest BCUT2D eigenvalue weighted by Crippen LogP contribution is 2.40. The first kappa shape index (κ1) is 14.3. The highest BCUT2D eigenvalue weighted by Gasteiger charge is 2.33. The van der Waals surface area contributed by atoms with Gasteiger partial charge in [-0.2, -0.15) is 5.10 Å². The molecular formula is C18H18FN3O. The molecular weight excluding hydrogens is 293 g/mol. The summed E-state index contributed by atoms with van der Waals surface area (Å²) in [5.41, 5.74) is 4.19. The number of benzene rings is 1. The molecule has 1 aliphatic rings. The van der Waals surface area contributed by atoms with Crippen molar-refractivity contribution >= 4 is 11.0 Å². The zero-order chi connectivity index (χ0) is 16.0. The Balaban J connectivity index is 1.81. The Morgan fingerprint density at radius 1 is 1.26 bits per heavy atom. The third-order valence-electron chi connectivity index (χ3n) is 4.61. The van der Waals surface area contributed by atoms with Gasteiger partial charge < -0.3 is 5.11 Å². The van der Waals surface area contributed by atoms with Crippen molar-refractivity contribution in [3.63, 3.8) is 0 Å². The van der Waals surface area contributed by atoms with Crippen molar-refractivity contribution in [3.8, 4) is 11.1 Å². The molecule has 0 aliphatic heterocycles. The van der Waals surface area contributed by atoms with Crippen molar-refractivity contribution in [2.24, 2.45) is 5.92 Å². The standard InChI is InChI=1S/C18H18FN3O/c1-11-6-13(4-5-15(11)19)14-7-17-16(20-8-14)9-21-22(17)18(10-23)12-2-3-12/h4-9,12,18,23H,2-3,10H2,1H3. The molecule has 23 heavy (non-hydrogen) atoms. The van der Waals surface area contributed by atoms with Gasteiger partial charge in [0.1, 0.15) is 11.3 Å². The van der Waals surface area contributed by atoms with E-state index in [0.717, 1.165) is 35.0 Å². The molecule has 0 saturated heterocycles. The van der Waals surface area contributed by atoms with Crippen molar-refractivity contribution in [1.82, 2.24) is 14.8 Å². The fourth-order valence-corrected chi connectivity index (χ4v) is 3.08. The van der Waals surface area contributed by atoms with Gasteiger partial charge in [0.15, 0.2) is 0 Å². The molecule has 3 aromatic rings. The van der Waals surface area contributed by atoms with E-state index in [0.29, 0.717) is 11.5 Å². The lowest BCUT2D eigenvalue weighted by molar-refractivity contribution is 0.205. The lowest BCUT2D eigenvalue weighted by Crippen LogP contribution is -2.16. The highest BCUT2D eigenvalue weighted by molar-refractivity contribution is 5.80. The zero-order valence-electron chi connectivity index (χ0n) is 12.9. The van der Waals surface area contributed by atoms with Crippen molar-refractivity contribution < 1.29 is 9.50 Å². The van der Waals surface area contributed by atoms with E-state index in [4.69, 9.17) is 0 Å². The van der Waals surface area contributed by atoms with Crippen LogP contribution in [-0.4, -0.2) is 26.5 Å². The number of aliphatic hydroxyl groups is 1. The van der Waals surface area contributed by atoms with Gasteiger partial charge in [0, 0.05) is 11.8 Å². The Hall–Kier alpha value is -2.27. The van der Waals surface area contributed by atoms with Crippen LogP contribution in [0.25, 0.3) is 22.2 Å². The number of hydrogen-bond acceptors (Lipinski definition) is 3. The maximum atomic E-state index is 13.5. The van der Waals surface area contributed by atoms with Gasteiger partial charge in [-0.3, -0.25) is 9.67 Å². The Morgan fingerprint density at radius 3 is 2.78 bits per heavy atom. The average molecular weight is 311 g/mol. The van der Waals surface area contributed by atoms with Crippen LogP contribution in [0.2, 0.25) is 0 Å². The van der Waals surface area contributed by atoms with Gasteiger partial charge in [0.25, 0.3) is 0 Å². The summed E-state index contributed by atoms with van der Waals surface area (Å²) in [6.45, 7) is 1.84. The second kappa shape index (κ2) is 5.42. The van der Waals surface area contributed by atoms with Crippen LogP contribution in [0, 0.1) is 18.7 Å². The lowest BCUT2D eigenvalue weighted by Gasteiger charge is -2.15. The van der Waals surface area contributed by atoms with E-state index in [2.05, 4.69) is 10.1 Å². The van der Waals surface area contributed by atoms with E-state index >= 15 is 0 Å². The Kier molecular flexibility index (Phi) is 3.38. The van der Waals surface area contributed by atoms with Crippen molar-refractivity contribution in [2.75, 3.05) is 6.61 Å². The summed E-state index contributed by atoms with van der Waals surface area (Å²) in [6.07, 6.45) is 5.79. The molecule has 1 aromatic carbocycles. The summed E-state index contributed by atoms with van der Waals surface area (Å²) < 4.78 is 15.4. The molecule has 1 N–H and O–H groups in total. The van der Waals surface area contributed by atoms with Gasteiger partial charge in [-0.25, -0.2) is 4.39 Å². The van der Waals surface area contributed by atoms with Crippen LogP contribution in [0.1, 0.15) is 24.4 Å². The van der Waals surface area contributed by atoms with Crippen LogP contribution < -0.4 is 0 Å². The fourth-order valence-electron chi connectivity index (χ4n) is 3.08. The summed E-state index contributed by atoms with van der Waals surface area (Å²) in [4.78, 5) is 4.47. The van der Waals surface area contributed by atoms with E-state index in [1.807, 2.05) is 16.8 Å². The molecule has 0 spiro atoms. The van der Waals surface area contributed by atoms with Gasteiger partial charge in [-0.15, -0.1) is 0 Å². The molecule has 0 bridgehead atoms. The van der Waals surface area contributed by atoms with E-state index in [9.17, 15) is 9.50 Å². The number of fused-ring (bicyclic) bond motifs is 1. The van der Waals surface area contributed by atoms with Gasteiger partial charge in [-0.05, 0) is 55.0 Å². The summed E-state index contributed by atoms with van der Waals surface area (Å²) in [5, 5.41) is 14.1. The minimum atomic E-state index is -0.207. The maximum Gasteiger partial charge on any atom is 0.126 e. The molecule has 2 heterocycles. The monoisotopic (exact) mass is 311 g/mol. The van der Waals surface area contributed by atoms with Crippen LogP contribution >= 0.6 is 0 Å². The Labute approximate surface area is 133 Å². The first-order valence-electron chi connectivity index (χ1n) is 7.88. The van der Waals surface area contributed by atoms with E-state index in [1.165, 1.54) is 6.07 Å². The van der Waals surface area contributed by atoms with Gasteiger partial charge >= 0.3 is 0 Å². The first-order valence-corrected chi connectivity index (χ1v) is 7.88. The zero-order valence-corrected chi connectivity index (χ0v) is 12.9. The number of aryl methyl sites for hydroxylation is 1. The van der Waals surface area contributed by atoms with Crippen molar-refractivity contribution in [1.29, 1.82) is 0 Å². The number of rotatable bonds is 4. The first-order chi connectivity index (χ1) is 11.2. The summed E-state index contributed by atoms with van der Waals surface area (Å²) in [5.74, 6) is 0.293. The molecule has 0 radical (unpaired) electrons. The Morgan fingerprint density at radius 2 is 2.09 bits per heavy atom. The number of nitrogens with zero attached hydrogens (tertiary/aromatic N) is 3. The molecule has 1 aliphatic carbocycles. The minimum Gasteiger partial charge on any atom is -0.394 e. The van der Waals surface area contributed by atoms with Crippen LogP contribution in [-0.2, 0) is 0 Å². The molecule has 4 rings (SSSR count). The van der Waals surface area contributed by atoms with Gasteiger partial charge in [0.05, 0.1) is 24.4 Å². The van der Waals surface area contributed by atoms with Crippen LogP contribution in [0.3, 0.4) is 0 Å². The largest absolute Gasteiger partial charge is 0.394 e. The molecule has 1 fully saturated rings. The molecule has 5 heteroatoms. The number of aliphatic hydroxyl groups excluding tert-OH is 1. The van der Waals surface area contributed by atoms with Crippen molar-refractivity contribution in [2.45, 2.75) is 25.8 Å². The summed E-state index contributed by atoms with van der Waals surface area (Å²) >= 11 is 0. The molecule has 2 aromatic heterocycles. The van der Waals surface area contributed by atoms with Gasteiger partial charge in [0.2, 0.25) is 0 Å². The second-order valence-electron chi connectivity index (χ2n) is 6.27. The number of aromatic nitrogens is 3. The van der Waals surface area contributed by atoms with Crippen LogP contribution in [0.4, 0.5) is 4.39 Å². The summed E-state index contributed by atoms with van der Waals surface area (Å²) in [7, 11) is 0. The summed E-state index contributed by atoms with van der Waals surface area (Å²) in [6, 6.07) is 7.10. The number of pyridine rings is 1. The molecule has 1 atom stereocenters. The average Bonchev–Trinajstić information content (AvgIpc) is 3.31. The van der Waals surface area contributed by atoms with E-state index in [1.54, 1.807) is 25.4 Å². The van der Waals surface area contributed by atoms with Gasteiger partial charge in [-0.1, -0.05) is 6.07 Å². The molecule has 1 saturated carbocycles. The minimum absolute atomic E-state index is 0.0134. The molecule has 1 unspecified atom stereocenters. The molecule has 0 amide bonds. The highest BCUT2D eigenvalue weighted by atomic mass is 19.1. The predicted molar refractivity (Wildman–Crippen MR) is 86.5 cm³/mol. The lowest BCUT2D eigenvalue weighted by atomic mass is 10.0. The third kappa shape index (κ3) is 2.51. The number of hydrogen-bond donors (Lipinski definition) is 1. The maximum absolute atomic E-state index is 13.5. The van der Waals surface area contributed by atoms with Crippen LogP contribution in [0.5, 0.6) is 0 Å². The fraction of sp³-hybridized carbons (Fsp3) is 0.333. The molecule has 118 valence electrons. The SMILES string of the molecule is Cc1cc(-c2cnc3cnn(C(CO)C4CC4)c3c2)ccc1F. The predicted octanol–water partition coefficient (Wildman–Crippen LogP) is 3.49. The smallest absolute Gasteiger partial charge is 0.126 e. The van der Waals surface area contributed by atoms with E-state index < -0.39 is 0 Å². The van der Waals surface area contributed by atoms with Crippen LogP contribution in [0.15, 0.2) is 36.7 Å². The molecule has 4 nitrogen and oxygen atoms in total. The van der Waals surface area contributed by atoms with Crippen molar-refractivity contribution in [3.05, 3.63) is 48.0 Å². The second-order valence-corrected chi connectivity index (χ2v) is 6.27. The number of halogens is 1. The van der Waals surface area contributed by atoms with E-state index in [-0.39, 0.29) is 18.5 Å².